The highest BCUT2D eigenvalue weighted by atomic mass is 16.5. The van der Waals surface area contributed by atoms with Crippen LogP contribution in [0.5, 0.6) is 5.75 Å². The summed E-state index contributed by atoms with van der Waals surface area (Å²) in [6.45, 7) is 2.44. The summed E-state index contributed by atoms with van der Waals surface area (Å²) < 4.78 is 10.8. The molecule has 1 aliphatic carbocycles. The Morgan fingerprint density at radius 2 is 1.76 bits per heavy atom. The van der Waals surface area contributed by atoms with Crippen LogP contribution >= 0.6 is 0 Å². The van der Waals surface area contributed by atoms with Crippen LogP contribution in [0.25, 0.3) is 6.08 Å². The minimum absolute atomic E-state index is 0.00367. The summed E-state index contributed by atoms with van der Waals surface area (Å²) in [4.78, 5) is 24.4. The van der Waals surface area contributed by atoms with E-state index in [9.17, 15) is 9.59 Å². The molecule has 3 rings (SSSR count). The maximum absolute atomic E-state index is 12.5. The highest BCUT2D eigenvalue weighted by Gasteiger charge is 2.27. The molecule has 0 amide bonds. The van der Waals surface area contributed by atoms with Crippen molar-refractivity contribution in [2.45, 2.75) is 51.9 Å². The van der Waals surface area contributed by atoms with Crippen LogP contribution in [0.4, 0.5) is 11.4 Å². The first-order valence-electron chi connectivity index (χ1n) is 11.7. The normalized spacial score (nSPS) is 18.2. The molecule has 0 unspecified atom stereocenters. The van der Waals surface area contributed by atoms with Crippen LogP contribution in [-0.4, -0.2) is 18.5 Å². The van der Waals surface area contributed by atoms with Crippen molar-refractivity contribution < 1.29 is 19.1 Å². The summed E-state index contributed by atoms with van der Waals surface area (Å²) in [5.41, 5.74) is 14.5. The molecular weight excluding hydrogens is 416 g/mol. The van der Waals surface area contributed by atoms with E-state index in [1.807, 2.05) is 6.07 Å². The summed E-state index contributed by atoms with van der Waals surface area (Å²) >= 11 is 0. The highest BCUT2D eigenvalue weighted by molar-refractivity contribution is 5.87. The second-order valence-corrected chi connectivity index (χ2v) is 8.71. The number of nitrogens with two attached hydrogens (primary N) is 2. The summed E-state index contributed by atoms with van der Waals surface area (Å²) in [7, 11) is 0. The van der Waals surface area contributed by atoms with E-state index in [4.69, 9.17) is 20.9 Å². The van der Waals surface area contributed by atoms with Crippen molar-refractivity contribution in [2.75, 3.05) is 18.1 Å². The molecule has 0 spiro atoms. The van der Waals surface area contributed by atoms with Gasteiger partial charge in [-0.25, -0.2) is 4.79 Å². The van der Waals surface area contributed by atoms with E-state index in [0.717, 1.165) is 42.7 Å². The molecule has 0 saturated heterocycles. The van der Waals surface area contributed by atoms with Gasteiger partial charge in [-0.3, -0.25) is 4.79 Å². The number of benzene rings is 2. The number of nitrogen functional groups attached to an aromatic ring is 2. The second-order valence-electron chi connectivity index (χ2n) is 8.71. The van der Waals surface area contributed by atoms with Gasteiger partial charge < -0.3 is 20.9 Å². The zero-order valence-electron chi connectivity index (χ0n) is 19.3. The van der Waals surface area contributed by atoms with Crippen molar-refractivity contribution in [1.29, 1.82) is 0 Å². The van der Waals surface area contributed by atoms with Gasteiger partial charge in [0.15, 0.2) is 0 Å². The number of hydrogen-bond acceptors (Lipinski definition) is 6. The van der Waals surface area contributed by atoms with Crippen molar-refractivity contribution in [3.63, 3.8) is 0 Å². The minimum atomic E-state index is -0.432. The summed E-state index contributed by atoms with van der Waals surface area (Å²) in [5, 5.41) is 0. The minimum Gasteiger partial charge on any atom is -0.462 e. The Morgan fingerprint density at radius 1 is 1.03 bits per heavy atom. The van der Waals surface area contributed by atoms with Gasteiger partial charge in [0.05, 0.1) is 12.5 Å². The van der Waals surface area contributed by atoms with E-state index in [1.165, 1.54) is 18.9 Å². The number of esters is 2. The van der Waals surface area contributed by atoms with Gasteiger partial charge in [0, 0.05) is 23.9 Å². The fraction of sp³-hybridized carbons (Fsp3) is 0.407. The lowest BCUT2D eigenvalue weighted by molar-refractivity contribution is -0.140. The standard InChI is InChI=1S/C27H34N2O4/c1-2-3-19-4-9-22(10-5-19)27(31)33-24-13-6-20(7-14-24)8-15-26(30)32-17-16-21-11-12-23(28)18-25(21)29/h6-8,11-15,18-19,22H,2-5,9-10,16-17,28-29H2,1H3. The quantitative estimate of drug-likeness (QED) is 0.237. The average Bonchev–Trinajstić information content (AvgIpc) is 2.81. The van der Waals surface area contributed by atoms with E-state index in [0.29, 0.717) is 23.5 Å². The smallest absolute Gasteiger partial charge is 0.330 e. The van der Waals surface area contributed by atoms with Crippen LogP contribution in [0.2, 0.25) is 0 Å². The lowest BCUT2D eigenvalue weighted by Gasteiger charge is -2.26. The summed E-state index contributed by atoms with van der Waals surface area (Å²) in [6.07, 6.45) is 10.1. The van der Waals surface area contributed by atoms with Crippen molar-refractivity contribution in [1.82, 2.24) is 0 Å². The maximum Gasteiger partial charge on any atom is 0.330 e. The highest BCUT2D eigenvalue weighted by Crippen LogP contribution is 2.32. The molecule has 176 valence electrons. The number of carbonyl (C=O) groups excluding carboxylic acids is 2. The number of carbonyl (C=O) groups is 2. The molecule has 1 aliphatic rings. The third kappa shape index (κ3) is 7.67. The van der Waals surface area contributed by atoms with Gasteiger partial charge in [0.1, 0.15) is 5.75 Å². The Kier molecular flexibility index (Phi) is 8.93. The van der Waals surface area contributed by atoms with Crippen LogP contribution in [0.3, 0.4) is 0 Å². The molecule has 0 heterocycles. The number of hydrogen-bond donors (Lipinski definition) is 2. The monoisotopic (exact) mass is 450 g/mol. The molecule has 0 aromatic heterocycles. The Balaban J connectivity index is 1.41. The third-order valence-electron chi connectivity index (χ3n) is 6.17. The fourth-order valence-electron chi connectivity index (χ4n) is 4.26. The predicted molar refractivity (Wildman–Crippen MR) is 131 cm³/mol. The number of anilines is 2. The topological polar surface area (TPSA) is 105 Å². The second kappa shape index (κ2) is 12.1. The molecule has 0 bridgehead atoms. The molecule has 1 fully saturated rings. The zero-order valence-corrected chi connectivity index (χ0v) is 19.3. The Hall–Kier alpha value is -3.28. The van der Waals surface area contributed by atoms with Crippen molar-refractivity contribution in [3.05, 3.63) is 59.7 Å². The van der Waals surface area contributed by atoms with Gasteiger partial charge >= 0.3 is 11.9 Å². The van der Waals surface area contributed by atoms with Gasteiger partial charge in [-0.05, 0) is 73.1 Å². The predicted octanol–water partition coefficient (Wildman–Crippen LogP) is 5.16. The SMILES string of the molecule is CCCC1CCC(C(=O)Oc2ccc(C=CC(=O)OCCc3ccc(N)cc3N)cc2)CC1. The Bertz CT molecular complexity index is 961. The van der Waals surface area contributed by atoms with Gasteiger partial charge in [0.25, 0.3) is 0 Å². The molecule has 33 heavy (non-hydrogen) atoms. The molecule has 6 nitrogen and oxygen atoms in total. The summed E-state index contributed by atoms with van der Waals surface area (Å²) in [5.74, 6) is 0.706. The first-order valence-corrected chi connectivity index (χ1v) is 11.7. The van der Waals surface area contributed by atoms with Gasteiger partial charge in [-0.2, -0.15) is 0 Å². The summed E-state index contributed by atoms with van der Waals surface area (Å²) in [6, 6.07) is 12.4. The molecule has 6 heteroatoms. The molecule has 0 aliphatic heterocycles. The van der Waals surface area contributed by atoms with Crippen molar-refractivity contribution in [3.8, 4) is 5.75 Å². The molecule has 2 aromatic carbocycles. The van der Waals surface area contributed by atoms with E-state index < -0.39 is 5.97 Å². The first kappa shape index (κ1) is 24.4. The van der Waals surface area contributed by atoms with Crippen LogP contribution in [-0.2, 0) is 20.7 Å². The van der Waals surface area contributed by atoms with Crippen LogP contribution in [0.1, 0.15) is 56.6 Å². The Labute approximate surface area is 195 Å². The van der Waals surface area contributed by atoms with Crippen molar-refractivity contribution in [2.24, 2.45) is 11.8 Å². The third-order valence-corrected chi connectivity index (χ3v) is 6.17. The molecule has 4 N–H and O–H groups in total. The van der Waals surface area contributed by atoms with E-state index in [2.05, 4.69) is 6.92 Å². The van der Waals surface area contributed by atoms with Crippen molar-refractivity contribution >= 4 is 29.4 Å². The fourth-order valence-corrected chi connectivity index (χ4v) is 4.26. The lowest BCUT2D eigenvalue weighted by atomic mass is 9.80. The zero-order chi connectivity index (χ0) is 23.6. The van der Waals surface area contributed by atoms with E-state index in [-0.39, 0.29) is 18.5 Å². The molecule has 0 radical (unpaired) electrons. The van der Waals surface area contributed by atoms with Gasteiger partial charge in [-0.15, -0.1) is 0 Å². The maximum atomic E-state index is 12.5. The van der Waals surface area contributed by atoms with E-state index >= 15 is 0 Å². The van der Waals surface area contributed by atoms with E-state index in [1.54, 1.807) is 42.5 Å². The average molecular weight is 451 g/mol. The van der Waals surface area contributed by atoms with Crippen LogP contribution in [0, 0.1) is 11.8 Å². The number of ether oxygens (including phenoxy) is 2. The number of rotatable bonds is 9. The molecular formula is C27H34N2O4. The van der Waals surface area contributed by atoms with Gasteiger partial charge in [-0.1, -0.05) is 38.0 Å². The van der Waals surface area contributed by atoms with Crippen LogP contribution in [0.15, 0.2) is 48.5 Å². The molecule has 1 saturated carbocycles. The largest absolute Gasteiger partial charge is 0.462 e. The Morgan fingerprint density at radius 3 is 2.42 bits per heavy atom. The molecule has 0 atom stereocenters. The van der Waals surface area contributed by atoms with Gasteiger partial charge in [0.2, 0.25) is 0 Å². The first-order chi connectivity index (χ1) is 15.9. The van der Waals surface area contributed by atoms with Crippen LogP contribution < -0.4 is 16.2 Å². The lowest BCUT2D eigenvalue weighted by Crippen LogP contribution is -2.25. The molecule has 2 aromatic rings.